The van der Waals surface area contributed by atoms with Crippen LogP contribution in [0.5, 0.6) is 5.75 Å². The molecule has 1 aromatic rings. The summed E-state index contributed by atoms with van der Waals surface area (Å²) in [6.45, 7) is 7.23. The van der Waals surface area contributed by atoms with Crippen molar-refractivity contribution in [3.05, 3.63) is 29.3 Å². The van der Waals surface area contributed by atoms with E-state index in [4.69, 9.17) is 15.2 Å². The Morgan fingerprint density at radius 3 is 2.95 bits per heavy atom. The van der Waals surface area contributed by atoms with Crippen LogP contribution in [0.1, 0.15) is 25.0 Å². The summed E-state index contributed by atoms with van der Waals surface area (Å²) in [4.78, 5) is 2.42. The summed E-state index contributed by atoms with van der Waals surface area (Å²) in [6, 6.07) is 6.44. The largest absolute Gasteiger partial charge is 0.496 e. The van der Waals surface area contributed by atoms with E-state index in [1.165, 1.54) is 0 Å². The fourth-order valence-electron chi connectivity index (χ4n) is 2.54. The van der Waals surface area contributed by atoms with E-state index < -0.39 is 0 Å². The summed E-state index contributed by atoms with van der Waals surface area (Å²) < 4.78 is 11.2. The molecular weight excluding hydrogens is 264 g/mol. The van der Waals surface area contributed by atoms with Crippen LogP contribution < -0.4 is 10.5 Å². The smallest absolute Gasteiger partial charge is 0.123 e. The van der Waals surface area contributed by atoms with Gasteiger partial charge in [0.25, 0.3) is 0 Å². The van der Waals surface area contributed by atoms with Crippen LogP contribution in [0, 0.1) is 11.8 Å². The molecule has 1 saturated heterocycles. The Kier molecular flexibility index (Phi) is 5.63. The third-order valence-electron chi connectivity index (χ3n) is 3.73. The monoisotopic (exact) mass is 288 g/mol. The molecule has 4 heteroatoms. The van der Waals surface area contributed by atoms with Crippen molar-refractivity contribution in [3.63, 3.8) is 0 Å². The third-order valence-corrected chi connectivity index (χ3v) is 3.73. The van der Waals surface area contributed by atoms with Crippen LogP contribution in [0.15, 0.2) is 18.2 Å². The summed E-state index contributed by atoms with van der Waals surface area (Å²) in [5.74, 6) is 6.87. The van der Waals surface area contributed by atoms with Crippen molar-refractivity contribution < 1.29 is 9.47 Å². The number of rotatable bonds is 3. The van der Waals surface area contributed by atoms with Crippen LogP contribution in [0.25, 0.3) is 0 Å². The SMILES string of the molecule is COc1ccc(C#CCN)cc1CN1CC(C)OCC1C. The Morgan fingerprint density at radius 1 is 1.43 bits per heavy atom. The Bertz CT molecular complexity index is 533. The molecule has 2 rings (SSSR count). The highest BCUT2D eigenvalue weighted by Crippen LogP contribution is 2.24. The van der Waals surface area contributed by atoms with Gasteiger partial charge in [-0.1, -0.05) is 11.8 Å². The number of ether oxygens (including phenoxy) is 2. The minimum Gasteiger partial charge on any atom is -0.496 e. The van der Waals surface area contributed by atoms with Crippen molar-refractivity contribution in [1.82, 2.24) is 4.90 Å². The highest BCUT2D eigenvalue weighted by Gasteiger charge is 2.24. The van der Waals surface area contributed by atoms with Gasteiger partial charge in [-0.3, -0.25) is 4.90 Å². The highest BCUT2D eigenvalue weighted by molar-refractivity contribution is 5.44. The molecule has 0 saturated carbocycles. The van der Waals surface area contributed by atoms with E-state index >= 15 is 0 Å². The molecule has 0 bridgehead atoms. The molecule has 2 atom stereocenters. The topological polar surface area (TPSA) is 47.7 Å². The van der Waals surface area contributed by atoms with Crippen LogP contribution >= 0.6 is 0 Å². The summed E-state index contributed by atoms with van der Waals surface area (Å²) in [6.07, 6.45) is 0.271. The van der Waals surface area contributed by atoms with E-state index in [-0.39, 0.29) is 6.10 Å². The quantitative estimate of drug-likeness (QED) is 0.859. The summed E-state index contributed by atoms with van der Waals surface area (Å²) in [5.41, 5.74) is 7.56. The molecule has 21 heavy (non-hydrogen) atoms. The lowest BCUT2D eigenvalue weighted by molar-refractivity contribution is -0.0528. The average molecular weight is 288 g/mol. The zero-order valence-corrected chi connectivity index (χ0v) is 13.1. The Morgan fingerprint density at radius 2 is 2.24 bits per heavy atom. The number of morpholine rings is 1. The molecule has 2 N–H and O–H groups in total. The zero-order valence-electron chi connectivity index (χ0n) is 13.1. The fourth-order valence-corrected chi connectivity index (χ4v) is 2.54. The number of hydrogen-bond donors (Lipinski definition) is 1. The van der Waals surface area contributed by atoms with E-state index in [9.17, 15) is 0 Å². The Balaban J connectivity index is 2.20. The zero-order chi connectivity index (χ0) is 15.2. The van der Waals surface area contributed by atoms with Gasteiger partial charge >= 0.3 is 0 Å². The number of nitrogens with zero attached hydrogens (tertiary/aromatic N) is 1. The van der Waals surface area contributed by atoms with Gasteiger partial charge in [-0.05, 0) is 32.0 Å². The molecule has 0 aromatic heterocycles. The summed E-state index contributed by atoms with van der Waals surface area (Å²) in [7, 11) is 1.70. The van der Waals surface area contributed by atoms with Gasteiger partial charge in [0.15, 0.2) is 0 Å². The number of benzene rings is 1. The maximum Gasteiger partial charge on any atom is 0.123 e. The van der Waals surface area contributed by atoms with Gasteiger partial charge in [-0.2, -0.15) is 0 Å². The molecule has 114 valence electrons. The van der Waals surface area contributed by atoms with Gasteiger partial charge in [0.2, 0.25) is 0 Å². The van der Waals surface area contributed by atoms with Crippen molar-refractivity contribution in [1.29, 1.82) is 0 Å². The van der Waals surface area contributed by atoms with Crippen LogP contribution in [0.2, 0.25) is 0 Å². The summed E-state index contributed by atoms with van der Waals surface area (Å²) in [5, 5.41) is 0. The Labute approximate surface area is 127 Å². The minimum atomic E-state index is 0.271. The molecular formula is C17H24N2O2. The van der Waals surface area contributed by atoms with Crippen molar-refractivity contribution in [2.75, 3.05) is 26.8 Å². The van der Waals surface area contributed by atoms with Gasteiger partial charge in [0.05, 0.1) is 26.4 Å². The normalized spacial score (nSPS) is 22.5. The minimum absolute atomic E-state index is 0.271. The molecule has 2 unspecified atom stereocenters. The van der Waals surface area contributed by atoms with E-state index in [1.807, 2.05) is 12.1 Å². The van der Waals surface area contributed by atoms with Gasteiger partial charge in [0.1, 0.15) is 5.75 Å². The van der Waals surface area contributed by atoms with Crippen molar-refractivity contribution in [2.45, 2.75) is 32.5 Å². The first-order chi connectivity index (χ1) is 10.1. The highest BCUT2D eigenvalue weighted by atomic mass is 16.5. The second-order valence-corrected chi connectivity index (χ2v) is 5.45. The molecule has 1 aromatic carbocycles. The molecule has 0 radical (unpaired) electrons. The molecule has 1 aliphatic rings. The van der Waals surface area contributed by atoms with Crippen LogP contribution in [0.4, 0.5) is 0 Å². The lowest BCUT2D eigenvalue weighted by atomic mass is 10.1. The lowest BCUT2D eigenvalue weighted by Crippen LogP contribution is -2.46. The fraction of sp³-hybridized carbons (Fsp3) is 0.529. The molecule has 1 fully saturated rings. The second kappa shape index (κ2) is 7.46. The lowest BCUT2D eigenvalue weighted by Gasteiger charge is -2.37. The number of methoxy groups -OCH3 is 1. The van der Waals surface area contributed by atoms with E-state index in [2.05, 4.69) is 36.7 Å². The van der Waals surface area contributed by atoms with E-state index in [0.717, 1.165) is 36.6 Å². The Hall–Kier alpha value is -1.54. The predicted molar refractivity (Wildman–Crippen MR) is 84.2 cm³/mol. The van der Waals surface area contributed by atoms with Crippen molar-refractivity contribution in [3.8, 4) is 17.6 Å². The third kappa shape index (κ3) is 4.21. The van der Waals surface area contributed by atoms with Crippen LogP contribution in [-0.4, -0.2) is 43.9 Å². The molecule has 1 heterocycles. The first kappa shape index (κ1) is 15.8. The van der Waals surface area contributed by atoms with Gasteiger partial charge in [-0.25, -0.2) is 0 Å². The van der Waals surface area contributed by atoms with Crippen molar-refractivity contribution in [2.24, 2.45) is 5.73 Å². The second-order valence-electron chi connectivity index (χ2n) is 5.45. The van der Waals surface area contributed by atoms with Gasteiger partial charge < -0.3 is 15.2 Å². The van der Waals surface area contributed by atoms with Crippen molar-refractivity contribution >= 4 is 0 Å². The van der Waals surface area contributed by atoms with Crippen LogP contribution in [-0.2, 0) is 11.3 Å². The molecule has 0 amide bonds. The summed E-state index contributed by atoms with van der Waals surface area (Å²) >= 11 is 0. The van der Waals surface area contributed by atoms with Gasteiger partial charge in [-0.15, -0.1) is 0 Å². The molecule has 0 spiro atoms. The maximum absolute atomic E-state index is 5.68. The average Bonchev–Trinajstić information content (AvgIpc) is 2.49. The first-order valence-corrected chi connectivity index (χ1v) is 7.35. The standard InChI is InChI=1S/C17H24N2O2/c1-13-12-21-14(2)10-19(13)11-16-9-15(5-4-8-18)6-7-17(16)20-3/h6-7,9,13-14H,8,10-12,18H2,1-3H3. The molecule has 0 aliphatic carbocycles. The van der Waals surface area contributed by atoms with E-state index in [0.29, 0.717) is 12.6 Å². The van der Waals surface area contributed by atoms with E-state index in [1.54, 1.807) is 7.11 Å². The predicted octanol–water partition coefficient (Wildman–Crippen LogP) is 1.61. The number of hydrogen-bond acceptors (Lipinski definition) is 4. The van der Waals surface area contributed by atoms with Gasteiger partial charge in [0, 0.05) is 30.3 Å². The van der Waals surface area contributed by atoms with Crippen LogP contribution in [0.3, 0.4) is 0 Å². The molecule has 4 nitrogen and oxygen atoms in total. The first-order valence-electron chi connectivity index (χ1n) is 7.35. The molecule has 1 aliphatic heterocycles. The number of nitrogens with two attached hydrogens (primary N) is 1. The maximum atomic E-state index is 5.68.